The second-order valence-corrected chi connectivity index (χ2v) is 15.3. The summed E-state index contributed by atoms with van der Waals surface area (Å²) in [6.45, 7) is 25.6. The van der Waals surface area contributed by atoms with E-state index >= 15 is 0 Å². The zero-order chi connectivity index (χ0) is 45.0. The van der Waals surface area contributed by atoms with Gasteiger partial charge >= 0.3 is 0 Å². The third-order valence-corrected chi connectivity index (χ3v) is 10.3. The molecular formula is C61H60N2. The molecule has 2 nitrogen and oxygen atoms in total. The Bertz CT molecular complexity index is 2480. The van der Waals surface area contributed by atoms with Crippen LogP contribution in [0.4, 0.5) is 34.1 Å². The van der Waals surface area contributed by atoms with E-state index in [0.29, 0.717) is 0 Å². The first-order valence-electron chi connectivity index (χ1n) is 21.3. The summed E-state index contributed by atoms with van der Waals surface area (Å²) in [5.74, 6) is 0. The van der Waals surface area contributed by atoms with Gasteiger partial charge in [-0.25, -0.2) is 0 Å². The molecule has 0 heterocycles. The molecule has 0 atom stereocenters. The zero-order valence-electron chi connectivity index (χ0n) is 37.6. The molecule has 0 unspecified atom stereocenters. The summed E-state index contributed by atoms with van der Waals surface area (Å²) >= 11 is 0. The SMILES string of the molecule is C=Cc1ccc(C)cc1.C=Cc1ccc(N(c2ccc(C)cc2)c2ccc(C)cc2)cc1.C=Cc1ccc(N(c2ccccc2)c2ccc(C=C)cc2)cc1.Cc1ccc(C)cc1. The molecule has 0 amide bonds. The van der Waals surface area contributed by atoms with Crippen molar-refractivity contribution in [1.82, 2.24) is 0 Å². The average molecular weight is 821 g/mol. The molecule has 0 radical (unpaired) electrons. The van der Waals surface area contributed by atoms with Crippen molar-refractivity contribution < 1.29 is 0 Å². The van der Waals surface area contributed by atoms with E-state index in [1.54, 1.807) is 0 Å². The Labute approximate surface area is 377 Å². The number of anilines is 6. The number of hydrogen-bond donors (Lipinski definition) is 0. The van der Waals surface area contributed by atoms with Crippen molar-refractivity contribution in [2.24, 2.45) is 0 Å². The van der Waals surface area contributed by atoms with Crippen LogP contribution in [0.15, 0.2) is 227 Å². The van der Waals surface area contributed by atoms with Gasteiger partial charge in [0.05, 0.1) is 0 Å². The third-order valence-electron chi connectivity index (χ3n) is 10.3. The first-order chi connectivity index (χ1) is 30.6. The van der Waals surface area contributed by atoms with Gasteiger partial charge in [-0.3, -0.25) is 0 Å². The van der Waals surface area contributed by atoms with Gasteiger partial charge in [0.2, 0.25) is 0 Å². The Kier molecular flexibility index (Phi) is 17.6. The summed E-state index contributed by atoms with van der Waals surface area (Å²) in [6, 6.07) is 69.6. The second kappa shape index (κ2) is 23.9. The van der Waals surface area contributed by atoms with E-state index in [4.69, 9.17) is 0 Å². The molecular weight excluding hydrogens is 761 g/mol. The maximum atomic E-state index is 3.83. The Balaban J connectivity index is 0.000000174. The van der Waals surface area contributed by atoms with Crippen LogP contribution in [0.2, 0.25) is 0 Å². The Morgan fingerprint density at radius 3 is 0.651 bits per heavy atom. The van der Waals surface area contributed by atoms with E-state index in [1.165, 1.54) is 33.4 Å². The van der Waals surface area contributed by atoms with Crippen molar-refractivity contribution >= 4 is 58.4 Å². The third kappa shape index (κ3) is 14.2. The molecule has 63 heavy (non-hydrogen) atoms. The van der Waals surface area contributed by atoms with E-state index in [1.807, 2.05) is 30.4 Å². The number of hydrogen-bond acceptors (Lipinski definition) is 2. The van der Waals surface area contributed by atoms with Crippen LogP contribution in [-0.4, -0.2) is 0 Å². The predicted molar refractivity (Wildman–Crippen MR) is 279 cm³/mol. The highest BCUT2D eigenvalue weighted by molar-refractivity contribution is 5.78. The molecule has 0 fully saturated rings. The maximum Gasteiger partial charge on any atom is 0.0462 e. The van der Waals surface area contributed by atoms with Crippen LogP contribution in [0.1, 0.15) is 50.1 Å². The summed E-state index contributed by atoms with van der Waals surface area (Å²) in [5.41, 5.74) is 17.8. The Hall–Kier alpha value is -7.68. The summed E-state index contributed by atoms with van der Waals surface area (Å²) < 4.78 is 0. The molecule has 0 N–H and O–H groups in total. The van der Waals surface area contributed by atoms with E-state index in [0.717, 1.165) is 50.8 Å². The molecule has 0 spiro atoms. The Morgan fingerprint density at radius 1 is 0.238 bits per heavy atom. The topological polar surface area (TPSA) is 6.48 Å². The minimum absolute atomic E-state index is 1.11. The van der Waals surface area contributed by atoms with Crippen molar-refractivity contribution in [3.05, 3.63) is 277 Å². The lowest BCUT2D eigenvalue weighted by molar-refractivity contribution is 1.27. The molecule has 0 aromatic heterocycles. The molecule has 0 aliphatic carbocycles. The summed E-state index contributed by atoms with van der Waals surface area (Å²) in [6.07, 6.45) is 7.43. The maximum absolute atomic E-state index is 3.83. The second-order valence-electron chi connectivity index (χ2n) is 15.3. The molecule has 0 saturated heterocycles. The van der Waals surface area contributed by atoms with Gasteiger partial charge in [-0.1, -0.05) is 206 Å². The summed E-state index contributed by atoms with van der Waals surface area (Å²) in [5, 5.41) is 0. The van der Waals surface area contributed by atoms with Crippen molar-refractivity contribution in [1.29, 1.82) is 0 Å². The molecule has 314 valence electrons. The van der Waals surface area contributed by atoms with Crippen molar-refractivity contribution in [3.63, 3.8) is 0 Å². The molecule has 0 bridgehead atoms. The van der Waals surface area contributed by atoms with Gasteiger partial charge in [0, 0.05) is 34.1 Å². The van der Waals surface area contributed by atoms with Crippen molar-refractivity contribution in [2.75, 3.05) is 9.80 Å². The number of rotatable bonds is 10. The van der Waals surface area contributed by atoms with Crippen molar-refractivity contribution in [3.8, 4) is 0 Å². The molecule has 8 aromatic rings. The predicted octanol–water partition coefficient (Wildman–Crippen LogP) is 17.8. The van der Waals surface area contributed by atoms with Gasteiger partial charge in [0.25, 0.3) is 0 Å². The van der Waals surface area contributed by atoms with Gasteiger partial charge < -0.3 is 9.80 Å². The van der Waals surface area contributed by atoms with Gasteiger partial charge in [0.1, 0.15) is 0 Å². The van der Waals surface area contributed by atoms with Gasteiger partial charge in [-0.05, 0) is 130 Å². The van der Waals surface area contributed by atoms with E-state index < -0.39 is 0 Å². The van der Waals surface area contributed by atoms with Crippen LogP contribution < -0.4 is 9.80 Å². The summed E-state index contributed by atoms with van der Waals surface area (Å²) in [7, 11) is 0. The average Bonchev–Trinajstić information content (AvgIpc) is 3.33. The number of benzene rings is 8. The fraction of sp³-hybridized carbons (Fsp3) is 0.0820. The molecule has 2 heteroatoms. The van der Waals surface area contributed by atoms with Crippen LogP contribution >= 0.6 is 0 Å². The number of aryl methyl sites for hydroxylation is 5. The number of para-hydroxylation sites is 1. The molecule has 0 aliphatic rings. The normalized spacial score (nSPS) is 9.92. The molecule has 8 aromatic carbocycles. The fourth-order valence-electron chi connectivity index (χ4n) is 6.48. The first-order valence-corrected chi connectivity index (χ1v) is 21.3. The highest BCUT2D eigenvalue weighted by Crippen LogP contribution is 2.36. The highest BCUT2D eigenvalue weighted by atomic mass is 15.1. The lowest BCUT2D eigenvalue weighted by Gasteiger charge is -2.25. The van der Waals surface area contributed by atoms with Gasteiger partial charge in [-0.15, -0.1) is 0 Å². The summed E-state index contributed by atoms with van der Waals surface area (Å²) in [4.78, 5) is 4.51. The van der Waals surface area contributed by atoms with E-state index in [2.05, 4.69) is 265 Å². The quantitative estimate of drug-likeness (QED) is 0.136. The number of nitrogens with zero attached hydrogens (tertiary/aromatic N) is 2. The first kappa shape index (κ1) is 46.4. The molecule has 0 aliphatic heterocycles. The van der Waals surface area contributed by atoms with Crippen LogP contribution in [0, 0.1) is 34.6 Å². The standard InChI is InChI=1S/C22H21N.C22H19N.C9H10.C8H10/c1-4-19-9-15-22(16-10-19)23(20-11-5-17(2)6-12-20)21-13-7-18(3)8-14-21;1-3-18-10-14-21(15-11-18)23(20-8-6-5-7-9-20)22-16-12-19(4-2)13-17-22;1-3-9-6-4-8(2)5-7-9;1-7-3-5-8(2)6-4-7/h4-16H,1H2,2-3H3;3-17H,1-2H2;3-7H,1H2,2H3;3-6H,1-2H3. The molecule has 8 rings (SSSR count). The van der Waals surface area contributed by atoms with Gasteiger partial charge in [0.15, 0.2) is 0 Å². The van der Waals surface area contributed by atoms with E-state index in [9.17, 15) is 0 Å². The lowest BCUT2D eigenvalue weighted by atomic mass is 10.1. The largest absolute Gasteiger partial charge is 0.311 e. The monoisotopic (exact) mass is 820 g/mol. The fourth-order valence-corrected chi connectivity index (χ4v) is 6.48. The minimum Gasteiger partial charge on any atom is -0.311 e. The van der Waals surface area contributed by atoms with Crippen LogP contribution in [-0.2, 0) is 0 Å². The smallest absolute Gasteiger partial charge is 0.0462 e. The van der Waals surface area contributed by atoms with Crippen LogP contribution in [0.25, 0.3) is 24.3 Å². The Morgan fingerprint density at radius 2 is 0.413 bits per heavy atom. The van der Waals surface area contributed by atoms with Crippen LogP contribution in [0.5, 0.6) is 0 Å². The van der Waals surface area contributed by atoms with Crippen molar-refractivity contribution in [2.45, 2.75) is 34.6 Å². The van der Waals surface area contributed by atoms with Gasteiger partial charge in [-0.2, -0.15) is 0 Å². The zero-order valence-corrected chi connectivity index (χ0v) is 37.6. The lowest BCUT2D eigenvalue weighted by Crippen LogP contribution is -2.09. The van der Waals surface area contributed by atoms with Crippen LogP contribution in [0.3, 0.4) is 0 Å². The minimum atomic E-state index is 1.11. The van der Waals surface area contributed by atoms with E-state index in [-0.39, 0.29) is 0 Å². The molecule has 0 saturated carbocycles. The highest BCUT2D eigenvalue weighted by Gasteiger charge is 2.13.